The molecular formula is C27H37N3O5Si. The van der Waals surface area contributed by atoms with Crippen LogP contribution in [0.15, 0.2) is 60.7 Å². The molecule has 0 aromatic heterocycles. The number of nitrogens with one attached hydrogen (secondary N) is 2. The lowest BCUT2D eigenvalue weighted by Crippen LogP contribution is -2.56. The summed E-state index contributed by atoms with van der Waals surface area (Å²) in [5.41, 5.74) is 0.509. The van der Waals surface area contributed by atoms with Crippen LogP contribution in [0.3, 0.4) is 0 Å². The first-order valence-electron chi connectivity index (χ1n) is 12.4. The molecule has 1 saturated heterocycles. The van der Waals surface area contributed by atoms with E-state index in [4.69, 9.17) is 9.47 Å². The monoisotopic (exact) mass is 511 g/mol. The second-order valence-electron chi connectivity index (χ2n) is 10.5. The predicted molar refractivity (Wildman–Crippen MR) is 142 cm³/mol. The molecule has 1 aliphatic rings. The van der Waals surface area contributed by atoms with E-state index in [1.54, 1.807) is 17.0 Å². The zero-order valence-electron chi connectivity index (χ0n) is 21.4. The number of likely N-dealkylation sites (tertiary alicyclic amines) is 1. The first kappa shape index (κ1) is 27.3. The zero-order chi connectivity index (χ0) is 26.0. The third kappa shape index (κ3) is 8.41. The predicted octanol–water partition coefficient (Wildman–Crippen LogP) is 5.11. The summed E-state index contributed by atoms with van der Waals surface area (Å²) in [6, 6.07) is 19.4. The van der Waals surface area contributed by atoms with E-state index in [2.05, 4.69) is 30.3 Å². The lowest BCUT2D eigenvalue weighted by Gasteiger charge is -2.41. The smallest absolute Gasteiger partial charge is 0.409 e. The molecular weight excluding hydrogens is 474 g/mol. The number of piperidine rings is 1. The van der Waals surface area contributed by atoms with Crippen molar-refractivity contribution in [2.45, 2.75) is 45.1 Å². The van der Waals surface area contributed by atoms with Crippen LogP contribution >= 0.6 is 0 Å². The lowest BCUT2D eigenvalue weighted by molar-refractivity contribution is -0.128. The molecule has 2 aromatic carbocycles. The number of anilines is 1. The minimum atomic E-state index is -1.34. The third-order valence-electron chi connectivity index (χ3n) is 6.21. The number of amides is 3. The van der Waals surface area contributed by atoms with Crippen molar-refractivity contribution >= 4 is 31.9 Å². The van der Waals surface area contributed by atoms with E-state index in [0.717, 1.165) is 11.6 Å². The molecule has 3 amide bonds. The molecule has 0 saturated carbocycles. The maximum atomic E-state index is 13.5. The number of benzene rings is 2. The summed E-state index contributed by atoms with van der Waals surface area (Å²) < 4.78 is 10.9. The Kier molecular flexibility index (Phi) is 9.52. The first-order chi connectivity index (χ1) is 17.2. The van der Waals surface area contributed by atoms with Gasteiger partial charge >= 0.3 is 12.2 Å². The number of carbonyl (C=O) groups excluding carboxylic acids is 3. The van der Waals surface area contributed by atoms with Crippen molar-refractivity contribution < 1.29 is 23.9 Å². The number of hydrogen-bond donors (Lipinski definition) is 2. The molecule has 36 heavy (non-hydrogen) atoms. The molecule has 3 rings (SSSR count). The van der Waals surface area contributed by atoms with E-state index in [0.29, 0.717) is 31.7 Å². The Bertz CT molecular complexity index is 1010. The SMILES string of the molecule is C[Si](C)(C)CCOC(=O)N1CCCC(CNC(=O)OCc2ccccc2)(C(=O)Nc2ccccc2)C1. The van der Waals surface area contributed by atoms with Gasteiger partial charge in [0, 0.05) is 33.4 Å². The summed E-state index contributed by atoms with van der Waals surface area (Å²) in [6.07, 6.45) is 0.104. The van der Waals surface area contributed by atoms with Crippen LogP contribution in [-0.4, -0.2) is 57.3 Å². The highest BCUT2D eigenvalue weighted by atomic mass is 28.3. The standard InChI is InChI=1S/C27H37N3O5Si/c1-36(2,3)18-17-34-26(33)30-16-10-15-27(21-30,24(31)29-23-13-8-5-9-14-23)20-28-25(32)35-19-22-11-6-4-7-12-22/h4-9,11-14H,10,15-21H2,1-3H3,(H,28,32)(H,29,31). The second-order valence-corrected chi connectivity index (χ2v) is 16.1. The summed E-state index contributed by atoms with van der Waals surface area (Å²) in [5.74, 6) is -0.253. The Labute approximate surface area is 214 Å². The lowest BCUT2D eigenvalue weighted by atomic mass is 9.78. The van der Waals surface area contributed by atoms with Gasteiger partial charge in [0.25, 0.3) is 0 Å². The molecule has 0 spiro atoms. The van der Waals surface area contributed by atoms with E-state index in [9.17, 15) is 14.4 Å². The van der Waals surface area contributed by atoms with Crippen molar-refractivity contribution in [3.63, 3.8) is 0 Å². The Balaban J connectivity index is 1.67. The van der Waals surface area contributed by atoms with E-state index < -0.39 is 25.7 Å². The largest absolute Gasteiger partial charge is 0.450 e. The molecule has 2 aromatic rings. The fraction of sp³-hybridized carbons (Fsp3) is 0.444. The molecule has 1 unspecified atom stereocenters. The molecule has 0 radical (unpaired) electrons. The van der Waals surface area contributed by atoms with Crippen molar-refractivity contribution in [2.24, 2.45) is 5.41 Å². The van der Waals surface area contributed by atoms with Gasteiger partial charge in [0.05, 0.1) is 12.0 Å². The fourth-order valence-corrected chi connectivity index (χ4v) is 4.75. The van der Waals surface area contributed by atoms with Crippen LogP contribution in [0.1, 0.15) is 18.4 Å². The number of nitrogens with zero attached hydrogens (tertiary/aromatic N) is 1. The van der Waals surface area contributed by atoms with Gasteiger partial charge < -0.3 is 25.0 Å². The van der Waals surface area contributed by atoms with Crippen LogP contribution in [0.5, 0.6) is 0 Å². The van der Waals surface area contributed by atoms with Crippen LogP contribution in [0, 0.1) is 5.41 Å². The summed E-state index contributed by atoms with van der Waals surface area (Å²) in [4.78, 5) is 40.4. The Morgan fingerprint density at radius 3 is 2.31 bits per heavy atom. The highest BCUT2D eigenvalue weighted by Gasteiger charge is 2.44. The second kappa shape index (κ2) is 12.6. The average Bonchev–Trinajstić information content (AvgIpc) is 2.87. The van der Waals surface area contributed by atoms with E-state index in [-0.39, 0.29) is 25.6 Å². The Hall–Kier alpha value is -3.33. The quantitative estimate of drug-likeness (QED) is 0.456. The fourth-order valence-electron chi connectivity index (χ4n) is 4.03. The number of para-hydroxylation sites is 1. The number of rotatable bonds is 9. The molecule has 1 atom stereocenters. The van der Waals surface area contributed by atoms with Gasteiger partial charge in [-0.15, -0.1) is 0 Å². The molecule has 8 nitrogen and oxygen atoms in total. The highest BCUT2D eigenvalue weighted by molar-refractivity contribution is 6.76. The normalized spacial score (nSPS) is 17.7. The van der Waals surface area contributed by atoms with E-state index >= 15 is 0 Å². The van der Waals surface area contributed by atoms with Gasteiger partial charge in [-0.3, -0.25) is 4.79 Å². The Morgan fingerprint density at radius 2 is 1.64 bits per heavy atom. The van der Waals surface area contributed by atoms with Crippen molar-refractivity contribution in [3.05, 3.63) is 66.2 Å². The van der Waals surface area contributed by atoms with Crippen LogP contribution in [0.2, 0.25) is 25.7 Å². The summed E-state index contributed by atoms with van der Waals surface area (Å²) >= 11 is 0. The van der Waals surface area contributed by atoms with Gasteiger partial charge in [0.15, 0.2) is 0 Å². The van der Waals surface area contributed by atoms with Crippen LogP contribution in [-0.2, 0) is 20.9 Å². The minimum absolute atomic E-state index is 0.0397. The summed E-state index contributed by atoms with van der Waals surface area (Å²) in [6.45, 7) is 7.87. The van der Waals surface area contributed by atoms with Gasteiger partial charge in [-0.25, -0.2) is 9.59 Å². The topological polar surface area (TPSA) is 97.0 Å². The van der Waals surface area contributed by atoms with Crippen LogP contribution in [0.4, 0.5) is 15.3 Å². The van der Waals surface area contributed by atoms with Gasteiger partial charge in [-0.1, -0.05) is 68.2 Å². The van der Waals surface area contributed by atoms with E-state index in [1.807, 2.05) is 48.5 Å². The van der Waals surface area contributed by atoms with Crippen molar-refractivity contribution in [2.75, 3.05) is 31.6 Å². The summed E-state index contributed by atoms with van der Waals surface area (Å²) in [5, 5.41) is 5.71. The van der Waals surface area contributed by atoms with Crippen molar-refractivity contribution in [1.29, 1.82) is 0 Å². The Morgan fingerprint density at radius 1 is 0.972 bits per heavy atom. The maximum Gasteiger partial charge on any atom is 0.409 e. The summed E-state index contributed by atoms with van der Waals surface area (Å²) in [7, 11) is -1.34. The van der Waals surface area contributed by atoms with Gasteiger partial charge in [0.1, 0.15) is 6.61 Å². The average molecular weight is 512 g/mol. The van der Waals surface area contributed by atoms with Crippen LogP contribution in [0.25, 0.3) is 0 Å². The molecule has 194 valence electrons. The van der Waals surface area contributed by atoms with Crippen molar-refractivity contribution in [3.8, 4) is 0 Å². The van der Waals surface area contributed by atoms with Crippen LogP contribution < -0.4 is 10.6 Å². The van der Waals surface area contributed by atoms with Gasteiger partial charge in [-0.05, 0) is 36.6 Å². The molecule has 1 fully saturated rings. The zero-order valence-corrected chi connectivity index (χ0v) is 22.4. The molecule has 0 bridgehead atoms. The van der Waals surface area contributed by atoms with Crippen molar-refractivity contribution in [1.82, 2.24) is 10.2 Å². The number of ether oxygens (including phenoxy) is 2. The molecule has 0 aliphatic carbocycles. The highest BCUT2D eigenvalue weighted by Crippen LogP contribution is 2.32. The molecule has 2 N–H and O–H groups in total. The maximum absolute atomic E-state index is 13.5. The first-order valence-corrected chi connectivity index (χ1v) is 16.1. The van der Waals surface area contributed by atoms with Gasteiger partial charge in [-0.2, -0.15) is 0 Å². The third-order valence-corrected chi connectivity index (χ3v) is 7.91. The van der Waals surface area contributed by atoms with E-state index in [1.165, 1.54) is 0 Å². The molecule has 1 heterocycles. The van der Waals surface area contributed by atoms with Gasteiger partial charge in [0.2, 0.25) is 5.91 Å². The number of carbonyl (C=O) groups is 3. The molecule has 9 heteroatoms. The number of hydrogen-bond acceptors (Lipinski definition) is 5. The molecule has 1 aliphatic heterocycles. The number of alkyl carbamates (subject to hydrolysis) is 1. The minimum Gasteiger partial charge on any atom is -0.450 e.